The van der Waals surface area contributed by atoms with E-state index in [9.17, 15) is 0 Å². The molecule has 1 fully saturated rings. The third-order valence-corrected chi connectivity index (χ3v) is 4.83. The van der Waals surface area contributed by atoms with E-state index >= 15 is 0 Å². The summed E-state index contributed by atoms with van der Waals surface area (Å²) in [5.41, 5.74) is 1.55. The lowest BCUT2D eigenvalue weighted by atomic mass is 10.2. The van der Waals surface area contributed by atoms with Crippen molar-refractivity contribution in [1.82, 2.24) is 24.6 Å². The Labute approximate surface area is 150 Å². The van der Waals surface area contributed by atoms with Gasteiger partial charge >= 0.3 is 0 Å². The first-order valence-electron chi connectivity index (χ1n) is 8.30. The van der Waals surface area contributed by atoms with Crippen LogP contribution in [0.25, 0.3) is 16.7 Å². The van der Waals surface area contributed by atoms with Gasteiger partial charge in [-0.25, -0.2) is 14.6 Å². The van der Waals surface area contributed by atoms with E-state index in [-0.39, 0.29) is 6.61 Å². The largest absolute Gasteiger partial charge is 0.395 e. The van der Waals surface area contributed by atoms with Crippen LogP contribution in [0.3, 0.4) is 0 Å². The molecule has 1 N–H and O–H groups in total. The number of hydrogen-bond acceptors (Lipinski definition) is 6. The molecule has 130 valence electrons. The van der Waals surface area contributed by atoms with Gasteiger partial charge < -0.3 is 10.0 Å². The van der Waals surface area contributed by atoms with Gasteiger partial charge in [-0.1, -0.05) is 23.7 Å². The number of aliphatic hydroxyl groups excluding tert-OH is 1. The van der Waals surface area contributed by atoms with Gasteiger partial charge in [0.05, 0.1) is 28.9 Å². The second kappa shape index (κ2) is 6.95. The predicted octanol–water partition coefficient (Wildman–Crippen LogP) is 1.58. The fraction of sp³-hybridized carbons (Fsp3) is 0.353. The second-order valence-corrected chi connectivity index (χ2v) is 6.40. The highest BCUT2D eigenvalue weighted by atomic mass is 35.5. The van der Waals surface area contributed by atoms with Crippen LogP contribution >= 0.6 is 11.6 Å². The van der Waals surface area contributed by atoms with Crippen molar-refractivity contribution in [3.63, 3.8) is 0 Å². The number of aromatic nitrogens is 4. The minimum Gasteiger partial charge on any atom is -0.395 e. The standard InChI is InChI=1S/C17H19ClN6O/c18-14-3-1-2-4-15(14)24-17-13(11-21-24)16(19-12-20-17)23-7-5-22(6-8-23)9-10-25/h1-4,11-12,25H,5-10H2. The van der Waals surface area contributed by atoms with Gasteiger partial charge in [0, 0.05) is 32.7 Å². The van der Waals surface area contributed by atoms with Crippen LogP contribution in [0.4, 0.5) is 5.82 Å². The Morgan fingerprint density at radius 3 is 2.64 bits per heavy atom. The summed E-state index contributed by atoms with van der Waals surface area (Å²) in [6.07, 6.45) is 3.38. The van der Waals surface area contributed by atoms with Crippen LogP contribution in [-0.4, -0.2) is 69.1 Å². The van der Waals surface area contributed by atoms with Gasteiger partial charge in [-0.2, -0.15) is 5.10 Å². The Hall–Kier alpha value is -2.22. The van der Waals surface area contributed by atoms with Gasteiger partial charge in [0.1, 0.15) is 12.1 Å². The maximum Gasteiger partial charge on any atom is 0.168 e. The summed E-state index contributed by atoms with van der Waals surface area (Å²) in [4.78, 5) is 13.4. The molecular formula is C17H19ClN6O. The molecule has 0 amide bonds. The Kier molecular flexibility index (Phi) is 4.52. The van der Waals surface area contributed by atoms with Crippen molar-refractivity contribution in [3.05, 3.63) is 41.8 Å². The highest BCUT2D eigenvalue weighted by Gasteiger charge is 2.21. The minimum absolute atomic E-state index is 0.197. The summed E-state index contributed by atoms with van der Waals surface area (Å²) in [6.45, 7) is 4.46. The van der Waals surface area contributed by atoms with Crippen molar-refractivity contribution in [2.45, 2.75) is 0 Å². The molecule has 0 bridgehead atoms. The van der Waals surface area contributed by atoms with Gasteiger partial charge in [-0.15, -0.1) is 0 Å². The number of aliphatic hydroxyl groups is 1. The van der Waals surface area contributed by atoms with Crippen LogP contribution in [0.15, 0.2) is 36.8 Å². The van der Waals surface area contributed by atoms with Crippen molar-refractivity contribution >= 4 is 28.5 Å². The molecular weight excluding hydrogens is 340 g/mol. The fourth-order valence-corrected chi connectivity index (χ4v) is 3.42. The Balaban J connectivity index is 1.67. The SMILES string of the molecule is OCCN1CCN(c2ncnc3c2cnn3-c2ccccc2Cl)CC1. The maximum absolute atomic E-state index is 9.08. The highest BCUT2D eigenvalue weighted by molar-refractivity contribution is 6.32. The van der Waals surface area contributed by atoms with Crippen LogP contribution < -0.4 is 4.90 Å². The normalized spacial score (nSPS) is 15.8. The number of nitrogens with zero attached hydrogens (tertiary/aromatic N) is 6. The minimum atomic E-state index is 0.197. The van der Waals surface area contributed by atoms with Gasteiger partial charge in [0.15, 0.2) is 5.65 Å². The first kappa shape index (κ1) is 16.3. The molecule has 7 nitrogen and oxygen atoms in total. The van der Waals surface area contributed by atoms with Crippen LogP contribution in [-0.2, 0) is 0 Å². The van der Waals surface area contributed by atoms with E-state index in [0.29, 0.717) is 5.02 Å². The molecule has 1 saturated heterocycles. The molecule has 1 aliphatic heterocycles. The number of para-hydroxylation sites is 1. The van der Waals surface area contributed by atoms with Gasteiger partial charge in [-0.05, 0) is 12.1 Å². The summed E-state index contributed by atoms with van der Waals surface area (Å²) >= 11 is 6.31. The van der Waals surface area contributed by atoms with Crippen molar-refractivity contribution < 1.29 is 5.11 Å². The maximum atomic E-state index is 9.08. The predicted molar refractivity (Wildman–Crippen MR) is 97.4 cm³/mol. The Bertz CT molecular complexity index is 874. The molecule has 0 aliphatic carbocycles. The molecule has 3 aromatic rings. The van der Waals surface area contributed by atoms with Crippen molar-refractivity contribution in [3.8, 4) is 5.69 Å². The lowest BCUT2D eigenvalue weighted by Gasteiger charge is -2.35. The lowest BCUT2D eigenvalue weighted by Crippen LogP contribution is -2.47. The van der Waals surface area contributed by atoms with Crippen LogP contribution in [0, 0.1) is 0 Å². The molecule has 1 aliphatic rings. The zero-order valence-electron chi connectivity index (χ0n) is 13.7. The van der Waals surface area contributed by atoms with E-state index in [1.165, 1.54) is 0 Å². The van der Waals surface area contributed by atoms with Gasteiger partial charge in [0.25, 0.3) is 0 Å². The van der Waals surface area contributed by atoms with Gasteiger partial charge in [0.2, 0.25) is 0 Å². The van der Waals surface area contributed by atoms with Crippen LogP contribution in [0.5, 0.6) is 0 Å². The van der Waals surface area contributed by atoms with Crippen molar-refractivity contribution in [1.29, 1.82) is 0 Å². The van der Waals surface area contributed by atoms with Crippen LogP contribution in [0.1, 0.15) is 0 Å². The van der Waals surface area contributed by atoms with E-state index in [0.717, 1.165) is 55.3 Å². The second-order valence-electron chi connectivity index (χ2n) is 5.99. The Morgan fingerprint density at radius 2 is 1.88 bits per heavy atom. The number of fused-ring (bicyclic) bond motifs is 1. The molecule has 4 rings (SSSR count). The molecule has 2 aromatic heterocycles. The zero-order chi connectivity index (χ0) is 17.2. The monoisotopic (exact) mass is 358 g/mol. The summed E-state index contributed by atoms with van der Waals surface area (Å²) in [7, 11) is 0. The van der Waals surface area contributed by atoms with E-state index in [1.807, 2.05) is 24.3 Å². The summed E-state index contributed by atoms with van der Waals surface area (Å²) < 4.78 is 1.75. The molecule has 1 aromatic carbocycles. The number of piperazine rings is 1. The first-order valence-corrected chi connectivity index (χ1v) is 8.67. The molecule has 0 saturated carbocycles. The third-order valence-electron chi connectivity index (χ3n) is 4.51. The zero-order valence-corrected chi connectivity index (χ0v) is 14.5. The number of rotatable bonds is 4. The number of hydrogen-bond donors (Lipinski definition) is 1. The summed E-state index contributed by atoms with van der Waals surface area (Å²) in [5.74, 6) is 0.895. The summed E-state index contributed by atoms with van der Waals surface area (Å²) in [6, 6.07) is 7.58. The summed E-state index contributed by atoms with van der Waals surface area (Å²) in [5, 5.41) is 15.1. The number of halogens is 1. The molecule has 25 heavy (non-hydrogen) atoms. The van der Waals surface area contributed by atoms with Crippen LogP contribution in [0.2, 0.25) is 5.02 Å². The number of anilines is 1. The Morgan fingerprint density at radius 1 is 1.08 bits per heavy atom. The molecule has 0 radical (unpaired) electrons. The lowest BCUT2D eigenvalue weighted by molar-refractivity contribution is 0.188. The average molecular weight is 359 g/mol. The highest BCUT2D eigenvalue weighted by Crippen LogP contribution is 2.27. The topological polar surface area (TPSA) is 70.3 Å². The number of β-amino-alcohol motifs (C(OH)–C–C–N with tert-alkyl or cyclic N) is 1. The van der Waals surface area contributed by atoms with Crippen molar-refractivity contribution in [2.24, 2.45) is 0 Å². The third kappa shape index (κ3) is 3.06. The number of benzene rings is 1. The van der Waals surface area contributed by atoms with E-state index in [2.05, 4.69) is 24.9 Å². The quantitative estimate of drug-likeness (QED) is 0.763. The van der Waals surface area contributed by atoms with Gasteiger partial charge in [-0.3, -0.25) is 4.90 Å². The van der Waals surface area contributed by atoms with E-state index in [4.69, 9.17) is 16.7 Å². The smallest absolute Gasteiger partial charge is 0.168 e. The average Bonchev–Trinajstić information content (AvgIpc) is 3.07. The van der Waals surface area contributed by atoms with E-state index in [1.54, 1.807) is 17.2 Å². The molecule has 3 heterocycles. The molecule has 0 spiro atoms. The first-order chi connectivity index (χ1) is 12.3. The molecule has 8 heteroatoms. The fourth-order valence-electron chi connectivity index (χ4n) is 3.21. The van der Waals surface area contributed by atoms with Crippen molar-refractivity contribution in [2.75, 3.05) is 44.2 Å². The molecule has 0 atom stereocenters. The van der Waals surface area contributed by atoms with E-state index < -0.39 is 0 Å². The molecule has 0 unspecified atom stereocenters.